The highest BCUT2D eigenvalue weighted by atomic mass is 32.1. The highest BCUT2D eigenvalue weighted by Crippen LogP contribution is 2.54. The Morgan fingerprint density at radius 2 is 0.458 bits per heavy atom. The Hall–Kier alpha value is -11.8. The summed E-state index contributed by atoms with van der Waals surface area (Å²) < 4.78 is 2.60. The van der Waals surface area contributed by atoms with Crippen LogP contribution in [0.3, 0.4) is 0 Å². The molecule has 0 fully saturated rings. The fourth-order valence-corrected chi connectivity index (χ4v) is 17.9. The Kier molecular flexibility index (Phi) is 13.4. The number of fused-ring (bicyclic) bond motifs is 8. The minimum Gasteiger partial charge on any atom is -0.311 e. The van der Waals surface area contributed by atoms with Crippen LogP contribution < -0.4 is 60.8 Å². The first-order valence-electron chi connectivity index (χ1n) is 32.8. The summed E-state index contributed by atoms with van der Waals surface area (Å²) >= 11 is 3.85. The van der Waals surface area contributed by atoms with E-state index in [1.54, 1.807) is 0 Å². The van der Waals surface area contributed by atoms with Crippen LogP contribution in [-0.4, -0.2) is 13.4 Å². The number of para-hydroxylation sites is 8. The average molecular weight is 1260 g/mol. The fraction of sp³-hybridized carbons (Fsp3) is 0. The third kappa shape index (κ3) is 9.09. The molecule has 19 rings (SSSR count). The van der Waals surface area contributed by atoms with Crippen LogP contribution in [0.4, 0.5) is 102 Å². The summed E-state index contributed by atoms with van der Waals surface area (Å²) in [4.78, 5) is 17.6. The third-order valence-electron chi connectivity index (χ3n) is 19.3. The first-order valence-corrected chi connectivity index (χ1v) is 34.4. The van der Waals surface area contributed by atoms with Crippen molar-refractivity contribution in [2.24, 2.45) is 0 Å². The van der Waals surface area contributed by atoms with Crippen molar-refractivity contribution in [3.63, 3.8) is 0 Å². The molecule has 10 heteroatoms. The summed E-state index contributed by atoms with van der Waals surface area (Å²) in [6.45, 7) is -0.392. The lowest BCUT2D eigenvalue weighted by Crippen LogP contribution is -2.63. The van der Waals surface area contributed by atoms with Gasteiger partial charge in [0.05, 0.1) is 22.7 Å². The summed E-state index contributed by atoms with van der Waals surface area (Å²) in [6.07, 6.45) is 0. The van der Waals surface area contributed by atoms with Crippen LogP contribution in [0.5, 0.6) is 0 Å². The standard InChI is InChI=1S/C86H58B2N6S2/c1-11-31-59(32-12-1)81-57-79-85(95-81)87-71-55-74-72(56-73(71)91(65-43-23-7-24-44-65)75-51-69(53-77(83(75)87)93(79)67-47-27-9-28-48-67)89(61-35-15-3-16-36-61)62-37-17-4-18-38-62)88-84-76(92(74)66-45-25-8-26-46-66)52-70(90(63-39-19-5-20-40-63)64-41-21-6-22-42-64)54-78(84)94(68-49-29-10-30-50-68)80-58-82(96-86(80)88)60-33-13-2-14-34-60/h1-58H. The van der Waals surface area contributed by atoms with Crippen LogP contribution in [0.1, 0.15) is 0 Å². The Bertz CT molecular complexity index is 4960. The number of rotatable bonds is 12. The molecular formula is C86H58B2N6S2. The quantitative estimate of drug-likeness (QED) is 0.113. The fourth-order valence-electron chi connectivity index (χ4n) is 15.3. The van der Waals surface area contributed by atoms with Crippen molar-refractivity contribution in [1.29, 1.82) is 0 Å². The van der Waals surface area contributed by atoms with Gasteiger partial charge in [-0.1, -0.05) is 206 Å². The second-order valence-electron chi connectivity index (χ2n) is 24.8. The van der Waals surface area contributed by atoms with Crippen molar-refractivity contribution < 1.29 is 0 Å². The van der Waals surface area contributed by atoms with Crippen LogP contribution in [0.25, 0.3) is 20.9 Å². The summed E-state index contributed by atoms with van der Waals surface area (Å²) in [5.74, 6) is 0. The summed E-state index contributed by atoms with van der Waals surface area (Å²) in [7, 11) is 0. The van der Waals surface area contributed by atoms with Crippen molar-refractivity contribution >= 4 is 170 Å². The van der Waals surface area contributed by atoms with Gasteiger partial charge in [-0.25, -0.2) is 0 Å². The van der Waals surface area contributed by atoms with Gasteiger partial charge in [0.2, 0.25) is 0 Å². The molecule has 450 valence electrons. The van der Waals surface area contributed by atoms with E-state index in [1.165, 1.54) is 63.7 Å². The molecule has 0 N–H and O–H groups in total. The van der Waals surface area contributed by atoms with E-state index in [0.717, 1.165) is 91.0 Å². The Balaban J connectivity index is 0.952. The minimum atomic E-state index is -0.196. The molecule has 0 amide bonds. The molecule has 0 saturated heterocycles. The molecule has 0 atom stereocenters. The topological polar surface area (TPSA) is 19.4 Å². The van der Waals surface area contributed by atoms with E-state index in [4.69, 9.17) is 0 Å². The lowest BCUT2D eigenvalue weighted by Gasteiger charge is -2.47. The smallest absolute Gasteiger partial charge is 0.264 e. The first kappa shape index (κ1) is 55.8. The van der Waals surface area contributed by atoms with Gasteiger partial charge in [0.1, 0.15) is 0 Å². The van der Waals surface area contributed by atoms with Gasteiger partial charge in [-0.05, 0) is 179 Å². The van der Waals surface area contributed by atoms with E-state index in [-0.39, 0.29) is 13.4 Å². The zero-order valence-corrected chi connectivity index (χ0v) is 53.8. The molecule has 0 spiro atoms. The normalized spacial score (nSPS) is 12.9. The van der Waals surface area contributed by atoms with Gasteiger partial charge in [-0.15, -0.1) is 22.7 Å². The minimum absolute atomic E-state index is 0.196. The molecule has 0 bridgehead atoms. The van der Waals surface area contributed by atoms with E-state index < -0.39 is 0 Å². The number of hydrogen-bond donors (Lipinski definition) is 0. The number of nitrogens with zero attached hydrogens (tertiary/aromatic N) is 6. The van der Waals surface area contributed by atoms with Crippen molar-refractivity contribution in [1.82, 2.24) is 0 Å². The largest absolute Gasteiger partial charge is 0.311 e. The van der Waals surface area contributed by atoms with Crippen molar-refractivity contribution in [3.8, 4) is 20.9 Å². The predicted molar refractivity (Wildman–Crippen MR) is 410 cm³/mol. The first-order chi connectivity index (χ1) is 47.7. The molecule has 96 heavy (non-hydrogen) atoms. The Labute approximate surface area is 568 Å². The number of hydrogen-bond acceptors (Lipinski definition) is 8. The van der Waals surface area contributed by atoms with Gasteiger partial charge in [0, 0.05) is 98.9 Å². The van der Waals surface area contributed by atoms with Gasteiger partial charge in [-0.2, -0.15) is 0 Å². The van der Waals surface area contributed by atoms with Gasteiger partial charge in [-0.3, -0.25) is 0 Å². The maximum absolute atomic E-state index is 2.62. The lowest BCUT2D eigenvalue weighted by atomic mass is 9.33. The second-order valence-corrected chi connectivity index (χ2v) is 26.9. The highest BCUT2D eigenvalue weighted by Gasteiger charge is 2.50. The van der Waals surface area contributed by atoms with Gasteiger partial charge >= 0.3 is 0 Å². The Morgan fingerprint density at radius 3 is 0.729 bits per heavy atom. The van der Waals surface area contributed by atoms with E-state index in [1.807, 2.05) is 22.7 Å². The summed E-state index contributed by atoms with van der Waals surface area (Å²) in [5, 5.41) is 0. The van der Waals surface area contributed by atoms with Crippen LogP contribution in [0, 0.1) is 0 Å². The van der Waals surface area contributed by atoms with Crippen molar-refractivity contribution in [2.45, 2.75) is 0 Å². The molecular weight excluding hydrogens is 1200 g/mol. The van der Waals surface area contributed by atoms with E-state index in [2.05, 4.69) is 381 Å². The number of thiophene rings is 2. The van der Waals surface area contributed by atoms with Crippen LogP contribution in [0.15, 0.2) is 352 Å². The summed E-state index contributed by atoms with van der Waals surface area (Å²) in [6, 6.07) is 130. The average Bonchev–Trinajstić information content (AvgIpc) is 1.12. The second kappa shape index (κ2) is 23.0. The molecule has 0 aliphatic carbocycles. The molecule has 0 saturated carbocycles. The predicted octanol–water partition coefficient (Wildman–Crippen LogP) is 20.2. The summed E-state index contributed by atoms with van der Waals surface area (Å²) in [5.41, 5.74) is 27.4. The maximum atomic E-state index is 2.62. The molecule has 4 aliphatic heterocycles. The van der Waals surface area contributed by atoms with Crippen molar-refractivity contribution in [3.05, 3.63) is 352 Å². The molecule has 15 aromatic rings. The van der Waals surface area contributed by atoms with Crippen LogP contribution in [0.2, 0.25) is 0 Å². The van der Waals surface area contributed by atoms with E-state index >= 15 is 0 Å². The van der Waals surface area contributed by atoms with E-state index in [0.29, 0.717) is 0 Å². The highest BCUT2D eigenvalue weighted by molar-refractivity contribution is 7.32. The zero-order chi connectivity index (χ0) is 63.2. The molecule has 4 aliphatic rings. The molecule has 0 radical (unpaired) electrons. The molecule has 6 nitrogen and oxygen atoms in total. The third-order valence-corrected chi connectivity index (χ3v) is 21.8. The van der Waals surface area contributed by atoms with Gasteiger partial charge in [0.25, 0.3) is 13.4 Å². The van der Waals surface area contributed by atoms with Crippen molar-refractivity contribution in [2.75, 3.05) is 29.4 Å². The zero-order valence-electron chi connectivity index (χ0n) is 52.1. The Morgan fingerprint density at radius 1 is 0.219 bits per heavy atom. The van der Waals surface area contributed by atoms with Crippen LogP contribution >= 0.6 is 22.7 Å². The molecule has 2 aromatic heterocycles. The monoisotopic (exact) mass is 1260 g/mol. The van der Waals surface area contributed by atoms with Crippen LogP contribution in [-0.2, 0) is 0 Å². The van der Waals surface area contributed by atoms with Gasteiger partial charge < -0.3 is 29.4 Å². The molecule has 13 aromatic carbocycles. The molecule has 0 unspecified atom stereocenters. The SMILES string of the molecule is c1ccc(-c2cc3c(s2)B2c4cc5c(cc4N(c4ccccc4)c4cc(N(c6ccccc6)c6ccccc6)cc(c42)N3c2ccccc2)B2c3sc(-c4ccccc4)cc3N(c3ccccc3)c3cc(N(c4ccccc4)c4ccccc4)cc(c32)N5c2ccccc2)cc1. The lowest BCUT2D eigenvalue weighted by molar-refractivity contribution is 1.22. The maximum Gasteiger partial charge on any atom is 0.264 e. The van der Waals surface area contributed by atoms with E-state index in [9.17, 15) is 0 Å². The molecule has 6 heterocycles. The number of anilines is 18. The number of benzene rings is 13. The van der Waals surface area contributed by atoms with Gasteiger partial charge in [0.15, 0.2) is 0 Å².